The smallest absolute Gasteiger partial charge is 0.229 e. The third kappa shape index (κ3) is 4.40. The Balaban J connectivity index is 1.28. The zero-order valence-electron chi connectivity index (χ0n) is 18.9. The Morgan fingerprint density at radius 2 is 1.91 bits per heavy atom. The van der Waals surface area contributed by atoms with E-state index in [1.54, 1.807) is 0 Å². The van der Waals surface area contributed by atoms with E-state index in [0.29, 0.717) is 12.2 Å². The molecule has 7 heteroatoms. The van der Waals surface area contributed by atoms with Crippen LogP contribution in [-0.2, 0) is 22.6 Å². The molecular weight excluding hydrogens is 414 g/mol. The lowest BCUT2D eigenvalue weighted by atomic mass is 10.1. The van der Waals surface area contributed by atoms with Crippen LogP contribution in [0.25, 0.3) is 11.4 Å². The summed E-state index contributed by atoms with van der Waals surface area (Å²) in [6, 6.07) is 17.6. The van der Waals surface area contributed by atoms with Crippen LogP contribution in [-0.4, -0.2) is 38.0 Å². The van der Waals surface area contributed by atoms with Gasteiger partial charge in [0.15, 0.2) is 5.82 Å². The monoisotopic (exact) mass is 443 g/mol. The van der Waals surface area contributed by atoms with Crippen molar-refractivity contribution in [1.29, 1.82) is 0 Å². The second-order valence-corrected chi connectivity index (χ2v) is 9.01. The minimum atomic E-state index is -0.364. The molecular formula is C26H29N5O2. The van der Waals surface area contributed by atoms with Crippen LogP contribution in [0, 0.1) is 5.92 Å². The van der Waals surface area contributed by atoms with E-state index in [0.717, 1.165) is 48.6 Å². The Hall–Kier alpha value is -3.48. The van der Waals surface area contributed by atoms with E-state index < -0.39 is 0 Å². The fourth-order valence-electron chi connectivity index (χ4n) is 4.87. The van der Waals surface area contributed by atoms with Gasteiger partial charge in [0.25, 0.3) is 0 Å². The van der Waals surface area contributed by atoms with Crippen LogP contribution in [0.5, 0.6) is 0 Å². The summed E-state index contributed by atoms with van der Waals surface area (Å²) < 4.78 is 2.20. The number of fused-ring (bicyclic) bond motifs is 1. The molecule has 1 aromatic heterocycles. The highest BCUT2D eigenvalue weighted by Crippen LogP contribution is 2.30. The van der Waals surface area contributed by atoms with Gasteiger partial charge < -0.3 is 14.8 Å². The summed E-state index contributed by atoms with van der Waals surface area (Å²) in [6.07, 6.45) is 4.67. The van der Waals surface area contributed by atoms with Gasteiger partial charge in [-0.1, -0.05) is 48.9 Å². The first-order valence-electron chi connectivity index (χ1n) is 11.8. The summed E-state index contributed by atoms with van der Waals surface area (Å²) in [5.41, 5.74) is 2.73. The topological polar surface area (TPSA) is 80.1 Å². The van der Waals surface area contributed by atoms with Crippen molar-refractivity contribution < 1.29 is 9.59 Å². The number of anilines is 1. The fourth-order valence-corrected chi connectivity index (χ4v) is 4.87. The zero-order chi connectivity index (χ0) is 22.8. The molecule has 0 radical (unpaired) electrons. The summed E-state index contributed by atoms with van der Waals surface area (Å²) in [5.74, 6) is 1.42. The number of amides is 2. The van der Waals surface area contributed by atoms with Crippen molar-refractivity contribution in [3.63, 3.8) is 0 Å². The molecule has 0 bridgehead atoms. The average molecular weight is 444 g/mol. The number of hydrogen-bond donors (Lipinski definition) is 1. The number of aromatic nitrogens is 3. The second kappa shape index (κ2) is 9.17. The third-order valence-corrected chi connectivity index (χ3v) is 6.78. The van der Waals surface area contributed by atoms with Gasteiger partial charge in [-0.05, 0) is 37.5 Å². The summed E-state index contributed by atoms with van der Waals surface area (Å²) in [6.45, 7) is 3.37. The molecule has 5 rings (SSSR count). The molecule has 0 unspecified atom stereocenters. The lowest BCUT2D eigenvalue weighted by Crippen LogP contribution is -2.30. The van der Waals surface area contributed by atoms with Gasteiger partial charge in [0.1, 0.15) is 5.82 Å². The number of benzene rings is 2. The number of rotatable bonds is 5. The fraction of sp³-hybridized carbons (Fsp3) is 0.385. The Bertz CT molecular complexity index is 1160. The first kappa shape index (κ1) is 21.4. The summed E-state index contributed by atoms with van der Waals surface area (Å²) in [4.78, 5) is 27.5. The first-order chi connectivity index (χ1) is 16.1. The van der Waals surface area contributed by atoms with E-state index in [9.17, 15) is 9.59 Å². The van der Waals surface area contributed by atoms with Crippen molar-refractivity contribution in [3.8, 4) is 11.4 Å². The van der Waals surface area contributed by atoms with Gasteiger partial charge in [-0.2, -0.15) is 0 Å². The normalized spacial score (nSPS) is 19.1. The first-order valence-corrected chi connectivity index (χ1v) is 11.8. The van der Waals surface area contributed by atoms with Gasteiger partial charge in [0.05, 0.1) is 12.0 Å². The van der Waals surface area contributed by atoms with Crippen LogP contribution in [0.4, 0.5) is 5.69 Å². The molecule has 2 aliphatic heterocycles. The minimum absolute atomic E-state index is 0.0198. The van der Waals surface area contributed by atoms with E-state index >= 15 is 0 Å². The second-order valence-electron chi connectivity index (χ2n) is 9.01. The predicted molar refractivity (Wildman–Crippen MR) is 126 cm³/mol. The number of nitrogens with zero attached hydrogens (tertiary/aromatic N) is 4. The molecule has 0 saturated carbocycles. The molecule has 3 aromatic rings. The maximum Gasteiger partial charge on any atom is 0.229 e. The van der Waals surface area contributed by atoms with Crippen LogP contribution in [0.3, 0.4) is 0 Å². The summed E-state index contributed by atoms with van der Waals surface area (Å²) in [7, 11) is 0. The van der Waals surface area contributed by atoms with Crippen LogP contribution < -0.4 is 5.32 Å². The van der Waals surface area contributed by atoms with Gasteiger partial charge in [0, 0.05) is 37.2 Å². The lowest BCUT2D eigenvalue weighted by molar-refractivity contribution is -0.129. The third-order valence-electron chi connectivity index (χ3n) is 6.78. The average Bonchev–Trinajstić information content (AvgIpc) is 3.35. The molecule has 1 saturated heterocycles. The van der Waals surface area contributed by atoms with Crippen molar-refractivity contribution in [2.45, 2.75) is 51.6 Å². The number of hydrogen-bond acceptors (Lipinski definition) is 4. The van der Waals surface area contributed by atoms with E-state index in [1.807, 2.05) is 66.4 Å². The number of carbonyl (C=O) groups is 2. The minimum Gasteiger partial charge on any atom is -0.335 e. The Morgan fingerprint density at radius 3 is 2.76 bits per heavy atom. The molecule has 0 aliphatic carbocycles. The maximum atomic E-state index is 13.0. The Labute approximate surface area is 193 Å². The number of carbonyl (C=O) groups excluding carboxylic acids is 2. The summed E-state index contributed by atoms with van der Waals surface area (Å²) in [5, 5.41) is 11.8. The van der Waals surface area contributed by atoms with Crippen molar-refractivity contribution in [2.75, 3.05) is 11.9 Å². The van der Waals surface area contributed by atoms with E-state index in [2.05, 4.69) is 20.1 Å². The largest absolute Gasteiger partial charge is 0.335 e. The maximum absolute atomic E-state index is 13.0. The molecule has 2 atom stereocenters. The Kier molecular flexibility index (Phi) is 5.94. The molecule has 7 nitrogen and oxygen atoms in total. The highest BCUT2D eigenvalue weighted by atomic mass is 16.2. The Morgan fingerprint density at radius 1 is 1.06 bits per heavy atom. The van der Waals surface area contributed by atoms with Crippen molar-refractivity contribution in [3.05, 3.63) is 66.0 Å². The molecule has 33 heavy (non-hydrogen) atoms. The van der Waals surface area contributed by atoms with Crippen molar-refractivity contribution >= 4 is 17.5 Å². The molecule has 2 aliphatic rings. The van der Waals surface area contributed by atoms with Crippen LogP contribution in [0.15, 0.2) is 54.6 Å². The van der Waals surface area contributed by atoms with Gasteiger partial charge in [-0.3, -0.25) is 9.59 Å². The van der Waals surface area contributed by atoms with Gasteiger partial charge >= 0.3 is 0 Å². The van der Waals surface area contributed by atoms with E-state index in [1.165, 1.54) is 6.42 Å². The van der Waals surface area contributed by atoms with Crippen LogP contribution in [0.2, 0.25) is 0 Å². The number of aryl methyl sites for hydroxylation is 1. The molecule has 0 spiro atoms. The molecule has 3 heterocycles. The summed E-state index contributed by atoms with van der Waals surface area (Å²) >= 11 is 0. The quantitative estimate of drug-likeness (QED) is 0.640. The SMILES string of the molecule is C[C@@H](c1ccccc1)N1C[C@@H](C(=O)Nc2cccc(-c3nnc4n3CCCCC4)c2)CC1=O. The molecule has 2 amide bonds. The van der Waals surface area contributed by atoms with Crippen molar-refractivity contribution in [1.82, 2.24) is 19.7 Å². The molecule has 1 N–H and O–H groups in total. The van der Waals surface area contributed by atoms with Crippen LogP contribution >= 0.6 is 0 Å². The van der Waals surface area contributed by atoms with E-state index in [4.69, 9.17) is 0 Å². The van der Waals surface area contributed by atoms with Crippen LogP contribution in [0.1, 0.15) is 50.0 Å². The molecule has 170 valence electrons. The van der Waals surface area contributed by atoms with Crippen molar-refractivity contribution in [2.24, 2.45) is 5.92 Å². The van der Waals surface area contributed by atoms with E-state index in [-0.39, 0.29) is 30.2 Å². The predicted octanol–water partition coefficient (Wildman–Crippen LogP) is 4.22. The lowest BCUT2D eigenvalue weighted by Gasteiger charge is -2.25. The van der Waals surface area contributed by atoms with Gasteiger partial charge in [0.2, 0.25) is 11.8 Å². The molecule has 1 fully saturated rings. The number of likely N-dealkylation sites (tertiary alicyclic amines) is 1. The number of nitrogens with one attached hydrogen (secondary N) is 1. The standard InChI is InChI=1S/C26H29N5O2/c1-18(19-9-4-2-5-10-19)31-17-21(16-24(31)32)26(33)27-22-12-8-11-20(15-22)25-29-28-23-13-6-3-7-14-30(23)25/h2,4-5,8-12,15,18,21H,3,6-7,13-14,16-17H2,1H3,(H,27,33)/t18-,21-/m0/s1. The zero-order valence-corrected chi connectivity index (χ0v) is 18.9. The van der Waals surface area contributed by atoms with Gasteiger partial charge in [-0.15, -0.1) is 10.2 Å². The highest BCUT2D eigenvalue weighted by Gasteiger charge is 2.37. The highest BCUT2D eigenvalue weighted by molar-refractivity contribution is 5.97. The van der Waals surface area contributed by atoms with Gasteiger partial charge in [-0.25, -0.2) is 0 Å². The molecule has 2 aromatic carbocycles.